The highest BCUT2D eigenvalue weighted by Crippen LogP contribution is 2.22. The number of benzene rings is 2. The molecule has 1 saturated heterocycles. The van der Waals surface area contributed by atoms with E-state index in [1.54, 1.807) is 50.3 Å². The molecule has 3 rings (SSSR count). The van der Waals surface area contributed by atoms with Gasteiger partial charge in [0, 0.05) is 38.8 Å². The predicted molar refractivity (Wildman–Crippen MR) is 130 cm³/mol. The predicted octanol–water partition coefficient (Wildman–Crippen LogP) is 3.06. The van der Waals surface area contributed by atoms with Gasteiger partial charge in [-0.2, -0.15) is 4.31 Å². The minimum Gasteiger partial charge on any atom is -0.379 e. The highest BCUT2D eigenvalue weighted by atomic mass is 32.2. The number of hydrogen-bond donors (Lipinski definition) is 1. The Kier molecular flexibility index (Phi) is 9.35. The van der Waals surface area contributed by atoms with Crippen molar-refractivity contribution in [3.8, 4) is 0 Å². The first kappa shape index (κ1) is 26.0. The average Bonchev–Trinajstić information content (AvgIpc) is 2.84. The van der Waals surface area contributed by atoms with Gasteiger partial charge in [0.2, 0.25) is 15.9 Å². The Balaban J connectivity index is 1.64. The number of rotatable bonds is 10. The Hall–Kier alpha value is -2.59. The lowest BCUT2D eigenvalue weighted by atomic mass is 10.0. The minimum atomic E-state index is -3.52. The number of hydrogen-bond acceptors (Lipinski definition) is 5. The molecule has 2 aromatic carbocycles. The van der Waals surface area contributed by atoms with E-state index in [1.807, 2.05) is 6.07 Å². The Bertz CT molecular complexity index is 1080. The van der Waals surface area contributed by atoms with Gasteiger partial charge in [-0.15, -0.1) is 0 Å². The topological polar surface area (TPSA) is 79.0 Å². The van der Waals surface area contributed by atoms with Crippen molar-refractivity contribution in [1.82, 2.24) is 14.5 Å². The molecular weight excluding hydrogens is 457 g/mol. The van der Waals surface area contributed by atoms with E-state index in [0.717, 1.165) is 5.56 Å². The summed E-state index contributed by atoms with van der Waals surface area (Å²) in [5.41, 5.74) is 1.51. The van der Waals surface area contributed by atoms with Gasteiger partial charge in [-0.1, -0.05) is 38.1 Å². The second kappa shape index (κ2) is 12.2. The Morgan fingerprint density at radius 1 is 1.15 bits per heavy atom. The van der Waals surface area contributed by atoms with Crippen LogP contribution in [0.3, 0.4) is 0 Å². The molecule has 7 nitrogen and oxygen atoms in total. The molecule has 34 heavy (non-hydrogen) atoms. The van der Waals surface area contributed by atoms with Gasteiger partial charge in [0.25, 0.3) is 0 Å². The standard InChI is InChI=1S/C25H32FN3O4S/c1-3-29(4-2)34(31,32)23-11-8-20(9-12-23)10-13-25(30)27-19-24(28-14-16-33-17-15-28)21-6-5-7-22(26)18-21/h5-13,18,24H,3-4,14-17,19H2,1-2H3,(H,27,30)/b13-10+. The Morgan fingerprint density at radius 2 is 1.82 bits per heavy atom. The van der Waals surface area contributed by atoms with Gasteiger partial charge in [0.15, 0.2) is 0 Å². The highest BCUT2D eigenvalue weighted by Gasteiger charge is 2.23. The largest absolute Gasteiger partial charge is 0.379 e. The molecule has 1 unspecified atom stereocenters. The molecule has 1 fully saturated rings. The van der Waals surface area contributed by atoms with E-state index in [9.17, 15) is 17.6 Å². The first-order chi connectivity index (χ1) is 16.3. The van der Waals surface area contributed by atoms with E-state index in [2.05, 4.69) is 10.2 Å². The zero-order valence-corrected chi connectivity index (χ0v) is 20.4. The number of halogens is 1. The summed E-state index contributed by atoms with van der Waals surface area (Å²) >= 11 is 0. The van der Waals surface area contributed by atoms with Crippen LogP contribution in [-0.2, 0) is 19.6 Å². The van der Waals surface area contributed by atoms with Crippen LogP contribution in [0.5, 0.6) is 0 Å². The quantitative estimate of drug-likeness (QED) is 0.519. The van der Waals surface area contributed by atoms with Gasteiger partial charge in [0.1, 0.15) is 5.82 Å². The third-order valence-corrected chi connectivity index (χ3v) is 7.90. The summed E-state index contributed by atoms with van der Waals surface area (Å²) in [4.78, 5) is 14.9. The summed E-state index contributed by atoms with van der Waals surface area (Å²) < 4.78 is 45.8. The molecule has 184 valence electrons. The fraction of sp³-hybridized carbons (Fsp3) is 0.400. The molecule has 0 saturated carbocycles. The molecule has 0 bridgehead atoms. The molecule has 1 N–H and O–H groups in total. The summed E-state index contributed by atoms with van der Waals surface area (Å²) in [5, 5.41) is 2.90. The number of amides is 1. The summed E-state index contributed by atoms with van der Waals surface area (Å²) in [7, 11) is -3.52. The summed E-state index contributed by atoms with van der Waals surface area (Å²) in [5.74, 6) is -0.595. The van der Waals surface area contributed by atoms with E-state index in [1.165, 1.54) is 22.5 Å². The molecule has 1 atom stereocenters. The maximum Gasteiger partial charge on any atom is 0.244 e. The Morgan fingerprint density at radius 3 is 2.44 bits per heavy atom. The van der Waals surface area contributed by atoms with Crippen molar-refractivity contribution in [3.63, 3.8) is 0 Å². The lowest BCUT2D eigenvalue weighted by Gasteiger charge is -2.34. The third kappa shape index (κ3) is 6.73. The zero-order chi connectivity index (χ0) is 24.6. The molecule has 1 aliphatic rings. The average molecular weight is 490 g/mol. The molecular formula is C25H32FN3O4S. The number of nitrogens with one attached hydrogen (secondary N) is 1. The van der Waals surface area contributed by atoms with Gasteiger partial charge < -0.3 is 10.1 Å². The van der Waals surface area contributed by atoms with Crippen LogP contribution in [0.4, 0.5) is 4.39 Å². The molecule has 1 amide bonds. The van der Waals surface area contributed by atoms with Gasteiger partial charge >= 0.3 is 0 Å². The lowest BCUT2D eigenvalue weighted by molar-refractivity contribution is -0.116. The monoisotopic (exact) mass is 489 g/mol. The van der Waals surface area contributed by atoms with Crippen LogP contribution in [0.1, 0.15) is 31.0 Å². The second-order valence-corrected chi connectivity index (χ2v) is 9.89. The molecule has 9 heteroatoms. The summed E-state index contributed by atoms with van der Waals surface area (Å²) in [6.07, 6.45) is 3.05. The van der Waals surface area contributed by atoms with Crippen molar-refractivity contribution < 1.29 is 22.3 Å². The van der Waals surface area contributed by atoms with Crippen LogP contribution >= 0.6 is 0 Å². The molecule has 2 aromatic rings. The van der Waals surface area contributed by atoms with Crippen LogP contribution < -0.4 is 5.32 Å². The van der Waals surface area contributed by atoms with E-state index in [0.29, 0.717) is 51.5 Å². The fourth-order valence-corrected chi connectivity index (χ4v) is 5.41. The smallest absolute Gasteiger partial charge is 0.244 e. The Labute approximate surface area is 201 Å². The lowest BCUT2D eigenvalue weighted by Crippen LogP contribution is -2.43. The van der Waals surface area contributed by atoms with Crippen molar-refractivity contribution in [3.05, 3.63) is 71.6 Å². The van der Waals surface area contributed by atoms with Crippen LogP contribution in [0.25, 0.3) is 6.08 Å². The summed E-state index contributed by atoms with van der Waals surface area (Å²) in [6, 6.07) is 12.7. The maximum absolute atomic E-state index is 13.8. The maximum atomic E-state index is 13.8. The molecule has 0 aromatic heterocycles. The molecule has 0 aliphatic carbocycles. The number of ether oxygens (including phenoxy) is 1. The molecule has 0 radical (unpaired) electrons. The van der Waals surface area contributed by atoms with Crippen LogP contribution in [0.2, 0.25) is 0 Å². The molecule has 0 spiro atoms. The SMILES string of the molecule is CCN(CC)S(=O)(=O)c1ccc(/C=C/C(=O)NCC(c2cccc(F)c2)N2CCOCC2)cc1. The third-order valence-electron chi connectivity index (χ3n) is 5.84. The number of carbonyl (C=O) groups excluding carboxylic acids is 1. The van der Waals surface area contributed by atoms with Crippen LogP contribution in [-0.4, -0.2) is 69.5 Å². The van der Waals surface area contributed by atoms with Crippen molar-refractivity contribution in [1.29, 1.82) is 0 Å². The van der Waals surface area contributed by atoms with Crippen LogP contribution in [0.15, 0.2) is 59.5 Å². The van der Waals surface area contributed by atoms with Gasteiger partial charge in [-0.05, 0) is 41.5 Å². The van der Waals surface area contributed by atoms with E-state index in [4.69, 9.17) is 4.74 Å². The van der Waals surface area contributed by atoms with Crippen molar-refractivity contribution >= 4 is 22.0 Å². The van der Waals surface area contributed by atoms with Crippen molar-refractivity contribution in [2.75, 3.05) is 45.9 Å². The molecule has 1 aliphatic heterocycles. The normalized spacial score (nSPS) is 16.1. The number of nitrogens with zero attached hydrogens (tertiary/aromatic N) is 2. The van der Waals surface area contributed by atoms with Gasteiger partial charge in [-0.25, -0.2) is 12.8 Å². The zero-order valence-electron chi connectivity index (χ0n) is 19.6. The first-order valence-electron chi connectivity index (χ1n) is 11.5. The summed E-state index contributed by atoms with van der Waals surface area (Å²) in [6.45, 7) is 7.34. The first-order valence-corrected chi connectivity index (χ1v) is 12.9. The minimum absolute atomic E-state index is 0.165. The van der Waals surface area contributed by atoms with E-state index < -0.39 is 10.0 Å². The fourth-order valence-electron chi connectivity index (χ4n) is 3.95. The number of morpholine rings is 1. The number of carbonyl (C=O) groups is 1. The van der Waals surface area contributed by atoms with Gasteiger partial charge in [-0.3, -0.25) is 9.69 Å². The molecule has 1 heterocycles. The van der Waals surface area contributed by atoms with Crippen molar-refractivity contribution in [2.45, 2.75) is 24.8 Å². The van der Waals surface area contributed by atoms with E-state index in [-0.39, 0.29) is 22.7 Å². The van der Waals surface area contributed by atoms with Crippen LogP contribution in [0, 0.1) is 5.82 Å². The van der Waals surface area contributed by atoms with E-state index >= 15 is 0 Å². The highest BCUT2D eigenvalue weighted by molar-refractivity contribution is 7.89. The van der Waals surface area contributed by atoms with Crippen molar-refractivity contribution in [2.24, 2.45) is 0 Å². The second-order valence-electron chi connectivity index (χ2n) is 7.96. The number of sulfonamides is 1. The van der Waals surface area contributed by atoms with Gasteiger partial charge in [0.05, 0.1) is 24.2 Å².